The Morgan fingerprint density at radius 3 is 2.17 bits per heavy atom. The molecule has 1 aliphatic rings. The lowest BCUT2D eigenvalue weighted by Crippen LogP contribution is -2.40. The summed E-state index contributed by atoms with van der Waals surface area (Å²) in [5.41, 5.74) is 0.538. The second-order valence-electron chi connectivity index (χ2n) is 5.92. The molecule has 0 aromatic heterocycles. The monoisotopic (exact) mass is 329 g/mol. The molecule has 2 aromatic rings. The number of likely N-dealkylation sites (tertiary alicyclic amines) is 1. The van der Waals surface area contributed by atoms with Crippen LogP contribution < -0.4 is 0 Å². The number of carbonyl (C=O) groups is 2. The summed E-state index contributed by atoms with van der Waals surface area (Å²) in [6, 6.07) is 11.4. The average molecular weight is 329 g/mol. The van der Waals surface area contributed by atoms with Crippen molar-refractivity contribution in [3.63, 3.8) is 0 Å². The molecule has 124 valence electrons. The zero-order chi connectivity index (χ0) is 17.1. The third-order valence-electron chi connectivity index (χ3n) is 4.38. The van der Waals surface area contributed by atoms with Crippen LogP contribution in [-0.2, 0) is 0 Å². The number of nitrogens with zero attached hydrogens (tertiary/aromatic N) is 1. The van der Waals surface area contributed by atoms with E-state index in [9.17, 15) is 18.4 Å². The van der Waals surface area contributed by atoms with E-state index in [1.165, 1.54) is 36.4 Å². The van der Waals surface area contributed by atoms with E-state index in [-0.39, 0.29) is 29.0 Å². The van der Waals surface area contributed by atoms with Gasteiger partial charge in [-0.15, -0.1) is 0 Å². The molecule has 0 atom stereocenters. The Hall–Kier alpha value is -2.56. The summed E-state index contributed by atoms with van der Waals surface area (Å²) in [4.78, 5) is 26.4. The van der Waals surface area contributed by atoms with Gasteiger partial charge in [0, 0.05) is 24.6 Å². The van der Waals surface area contributed by atoms with Crippen molar-refractivity contribution in [2.45, 2.75) is 12.8 Å². The maximum atomic E-state index is 13.7. The number of rotatable bonds is 3. The molecule has 0 spiro atoms. The fourth-order valence-electron chi connectivity index (χ4n) is 3.00. The summed E-state index contributed by atoms with van der Waals surface area (Å²) in [6.45, 7) is 0.863. The normalized spacial score (nSPS) is 15.3. The van der Waals surface area contributed by atoms with Gasteiger partial charge in [0.05, 0.1) is 5.56 Å². The van der Waals surface area contributed by atoms with Crippen LogP contribution in [-0.4, -0.2) is 29.7 Å². The van der Waals surface area contributed by atoms with Gasteiger partial charge in [-0.2, -0.15) is 0 Å². The van der Waals surface area contributed by atoms with Crippen molar-refractivity contribution < 1.29 is 18.4 Å². The van der Waals surface area contributed by atoms with Crippen LogP contribution in [0.1, 0.15) is 33.6 Å². The lowest BCUT2D eigenvalue weighted by atomic mass is 9.88. The number of halogens is 2. The fraction of sp³-hybridized carbons (Fsp3) is 0.263. The molecule has 1 amide bonds. The van der Waals surface area contributed by atoms with Crippen molar-refractivity contribution in [2.24, 2.45) is 5.92 Å². The van der Waals surface area contributed by atoms with E-state index in [2.05, 4.69) is 0 Å². The van der Waals surface area contributed by atoms with E-state index in [1.54, 1.807) is 17.0 Å². The molecular weight excluding hydrogens is 312 g/mol. The smallest absolute Gasteiger partial charge is 0.253 e. The SMILES string of the molecule is O=C(c1ccccc1F)C1CCN(C(=O)c2ccc(F)cc2)CC1. The number of amides is 1. The van der Waals surface area contributed by atoms with Crippen molar-refractivity contribution in [3.8, 4) is 0 Å². The fourth-order valence-corrected chi connectivity index (χ4v) is 3.00. The van der Waals surface area contributed by atoms with Crippen LogP contribution in [0.3, 0.4) is 0 Å². The maximum Gasteiger partial charge on any atom is 0.253 e. The molecule has 1 fully saturated rings. The third kappa shape index (κ3) is 3.35. The van der Waals surface area contributed by atoms with Gasteiger partial charge in [0.1, 0.15) is 11.6 Å². The highest BCUT2D eigenvalue weighted by atomic mass is 19.1. The van der Waals surface area contributed by atoms with Gasteiger partial charge in [-0.1, -0.05) is 12.1 Å². The first-order valence-electron chi connectivity index (χ1n) is 7.90. The molecule has 0 unspecified atom stereocenters. The Morgan fingerprint density at radius 2 is 1.54 bits per heavy atom. The molecule has 1 aliphatic heterocycles. The Balaban J connectivity index is 1.63. The van der Waals surface area contributed by atoms with Crippen LogP contribution in [0.5, 0.6) is 0 Å². The van der Waals surface area contributed by atoms with Gasteiger partial charge in [-0.3, -0.25) is 9.59 Å². The topological polar surface area (TPSA) is 37.4 Å². The first-order valence-corrected chi connectivity index (χ1v) is 7.90. The van der Waals surface area contributed by atoms with Gasteiger partial charge < -0.3 is 4.90 Å². The summed E-state index contributed by atoms with van der Waals surface area (Å²) >= 11 is 0. The largest absolute Gasteiger partial charge is 0.339 e. The maximum absolute atomic E-state index is 13.7. The summed E-state index contributed by atoms with van der Waals surface area (Å²) in [6.07, 6.45) is 1.00. The zero-order valence-corrected chi connectivity index (χ0v) is 13.0. The number of benzene rings is 2. The highest BCUT2D eigenvalue weighted by Gasteiger charge is 2.29. The first kappa shape index (κ1) is 16.3. The number of Topliss-reactive ketones (excluding diaryl/α,β-unsaturated/α-hetero) is 1. The second kappa shape index (κ2) is 6.91. The molecule has 0 bridgehead atoms. The predicted molar refractivity (Wildman–Crippen MR) is 85.8 cm³/mol. The first-order chi connectivity index (χ1) is 11.6. The second-order valence-corrected chi connectivity index (χ2v) is 5.92. The number of ketones is 1. The van der Waals surface area contributed by atoms with Crippen molar-refractivity contribution >= 4 is 11.7 Å². The van der Waals surface area contributed by atoms with Crippen LogP contribution in [0, 0.1) is 17.6 Å². The Labute approximate surface area is 138 Å². The molecule has 0 aliphatic carbocycles. The van der Waals surface area contributed by atoms with Crippen LogP contribution in [0.15, 0.2) is 48.5 Å². The van der Waals surface area contributed by atoms with Gasteiger partial charge in [-0.05, 0) is 49.2 Å². The van der Waals surface area contributed by atoms with E-state index in [4.69, 9.17) is 0 Å². The third-order valence-corrected chi connectivity index (χ3v) is 4.38. The van der Waals surface area contributed by atoms with Crippen molar-refractivity contribution in [1.29, 1.82) is 0 Å². The lowest BCUT2D eigenvalue weighted by Gasteiger charge is -2.31. The minimum Gasteiger partial charge on any atom is -0.339 e. The zero-order valence-electron chi connectivity index (χ0n) is 13.0. The van der Waals surface area contributed by atoms with Crippen molar-refractivity contribution in [2.75, 3.05) is 13.1 Å². The van der Waals surface area contributed by atoms with Gasteiger partial charge in [0.15, 0.2) is 5.78 Å². The minimum atomic E-state index is -0.507. The minimum absolute atomic E-state index is 0.112. The molecule has 24 heavy (non-hydrogen) atoms. The van der Waals surface area contributed by atoms with E-state index in [1.807, 2.05) is 0 Å². The number of carbonyl (C=O) groups excluding carboxylic acids is 2. The van der Waals surface area contributed by atoms with E-state index < -0.39 is 5.82 Å². The predicted octanol–water partition coefficient (Wildman–Crippen LogP) is 3.70. The van der Waals surface area contributed by atoms with Gasteiger partial charge in [0.2, 0.25) is 0 Å². The van der Waals surface area contributed by atoms with Crippen molar-refractivity contribution in [1.82, 2.24) is 4.90 Å². The van der Waals surface area contributed by atoms with Gasteiger partial charge >= 0.3 is 0 Å². The van der Waals surface area contributed by atoms with Crippen LogP contribution in [0.2, 0.25) is 0 Å². The Kier molecular flexibility index (Phi) is 4.69. The summed E-state index contributed by atoms with van der Waals surface area (Å²) in [5, 5.41) is 0. The van der Waals surface area contributed by atoms with Gasteiger partial charge in [0.25, 0.3) is 5.91 Å². The molecule has 2 aromatic carbocycles. The quantitative estimate of drug-likeness (QED) is 0.805. The molecule has 3 nitrogen and oxygen atoms in total. The molecule has 0 radical (unpaired) electrons. The van der Waals surface area contributed by atoms with Crippen LogP contribution in [0.25, 0.3) is 0 Å². The molecule has 5 heteroatoms. The van der Waals surface area contributed by atoms with E-state index in [0.29, 0.717) is 31.5 Å². The van der Waals surface area contributed by atoms with E-state index in [0.717, 1.165) is 0 Å². The molecule has 1 heterocycles. The summed E-state index contributed by atoms with van der Waals surface area (Å²) in [5.74, 6) is -1.55. The lowest BCUT2D eigenvalue weighted by molar-refractivity contribution is 0.0649. The highest BCUT2D eigenvalue weighted by molar-refractivity contribution is 5.98. The van der Waals surface area contributed by atoms with Crippen LogP contribution >= 0.6 is 0 Å². The standard InChI is InChI=1S/C19H17F2NO2/c20-15-7-5-14(6-8-15)19(24)22-11-9-13(10-12-22)18(23)16-3-1-2-4-17(16)21/h1-8,13H,9-12H2. The molecular formula is C19H17F2NO2. The number of piperidine rings is 1. The summed E-state index contributed by atoms with van der Waals surface area (Å²) < 4.78 is 26.7. The average Bonchev–Trinajstić information content (AvgIpc) is 2.62. The Morgan fingerprint density at radius 1 is 0.917 bits per heavy atom. The highest BCUT2D eigenvalue weighted by Crippen LogP contribution is 2.24. The number of hydrogen-bond acceptors (Lipinski definition) is 2. The van der Waals surface area contributed by atoms with Crippen molar-refractivity contribution in [3.05, 3.63) is 71.3 Å². The molecule has 3 rings (SSSR count). The van der Waals surface area contributed by atoms with E-state index >= 15 is 0 Å². The van der Waals surface area contributed by atoms with Crippen LogP contribution in [0.4, 0.5) is 8.78 Å². The molecule has 0 N–H and O–H groups in total. The number of hydrogen-bond donors (Lipinski definition) is 0. The summed E-state index contributed by atoms with van der Waals surface area (Å²) in [7, 11) is 0. The molecule has 0 saturated carbocycles. The Bertz CT molecular complexity index is 750. The molecule has 1 saturated heterocycles. The van der Waals surface area contributed by atoms with Gasteiger partial charge in [-0.25, -0.2) is 8.78 Å².